The highest BCUT2D eigenvalue weighted by atomic mass is 32.2. The largest absolute Gasteiger partial charge is 0.573 e. The van der Waals surface area contributed by atoms with Crippen LogP contribution in [0.2, 0.25) is 0 Å². The van der Waals surface area contributed by atoms with Crippen molar-refractivity contribution >= 4 is 34.4 Å². The molecule has 0 saturated carbocycles. The Bertz CT molecular complexity index is 1640. The Labute approximate surface area is 257 Å². The molecule has 44 heavy (non-hydrogen) atoms. The molecule has 3 aromatic carbocycles. The molecule has 1 saturated heterocycles. The van der Waals surface area contributed by atoms with Gasteiger partial charge in [0.05, 0.1) is 17.1 Å². The van der Waals surface area contributed by atoms with Crippen LogP contribution in [0.4, 0.5) is 18.9 Å². The number of unbranched alkanes of at least 4 members (excludes halogenated alkanes) is 1. The Balaban J connectivity index is 1.12. The summed E-state index contributed by atoms with van der Waals surface area (Å²) in [5.74, 6) is 0.136. The van der Waals surface area contributed by atoms with Gasteiger partial charge in [0.25, 0.3) is 0 Å². The molecule has 2 heterocycles. The molecule has 2 amide bonds. The van der Waals surface area contributed by atoms with Crippen LogP contribution >= 0.6 is 11.8 Å². The van der Waals surface area contributed by atoms with Crippen molar-refractivity contribution < 1.29 is 27.5 Å². The smallest absolute Gasteiger partial charge is 0.406 e. The molecule has 228 valence electrons. The van der Waals surface area contributed by atoms with Gasteiger partial charge in [0.1, 0.15) is 12.1 Å². The van der Waals surface area contributed by atoms with Crippen molar-refractivity contribution in [1.29, 1.82) is 0 Å². The number of benzene rings is 3. The number of amides is 2. The fourth-order valence-corrected chi connectivity index (χ4v) is 5.68. The number of aliphatic imine (C=N–C) groups is 1. The standard InChI is InChI=1S/C32H30F3N5O3S/c1-2-7-23-9-4-5-10-27(23)40-29(42)20-44-31(40)37-28(41)11-6-3-8-22-12-14-24(15-13-22)30-36-21-39(38-30)25-16-18-26(19-17-25)43-32(33,34)35/h4-5,9-10,12-19,21H,2-3,6-8,11,20H2,1H3. The molecule has 0 N–H and O–H groups in total. The molecule has 0 aliphatic carbocycles. The molecule has 0 radical (unpaired) electrons. The number of rotatable bonds is 11. The topological polar surface area (TPSA) is 89.7 Å². The van der Waals surface area contributed by atoms with Crippen molar-refractivity contribution in [2.24, 2.45) is 4.99 Å². The molecule has 12 heteroatoms. The highest BCUT2D eigenvalue weighted by Crippen LogP contribution is 2.30. The summed E-state index contributed by atoms with van der Waals surface area (Å²) in [4.78, 5) is 35.5. The summed E-state index contributed by atoms with van der Waals surface area (Å²) in [5.41, 5.74) is 4.30. The number of hydrogen-bond donors (Lipinski definition) is 0. The van der Waals surface area contributed by atoms with Crippen LogP contribution in [0.1, 0.15) is 43.7 Å². The number of ether oxygens (including phenoxy) is 1. The van der Waals surface area contributed by atoms with Gasteiger partial charge in [-0.25, -0.2) is 9.67 Å². The molecule has 0 atom stereocenters. The van der Waals surface area contributed by atoms with E-state index in [2.05, 4.69) is 26.7 Å². The fourth-order valence-electron chi connectivity index (χ4n) is 4.80. The molecular formula is C32H30F3N5O3S. The van der Waals surface area contributed by atoms with Crippen LogP contribution < -0.4 is 9.64 Å². The van der Waals surface area contributed by atoms with Gasteiger partial charge < -0.3 is 4.74 Å². The van der Waals surface area contributed by atoms with E-state index in [0.717, 1.165) is 48.1 Å². The SMILES string of the molecule is CCCc1ccccc1N1C(=O)CSC1=NC(=O)CCCCc1ccc(-c2ncn(-c3ccc(OC(F)(F)F)cc3)n2)cc1. The van der Waals surface area contributed by atoms with E-state index in [4.69, 9.17) is 0 Å². The van der Waals surface area contributed by atoms with Crippen LogP contribution in [0.3, 0.4) is 0 Å². The van der Waals surface area contributed by atoms with Gasteiger partial charge >= 0.3 is 6.36 Å². The monoisotopic (exact) mass is 621 g/mol. The first-order chi connectivity index (χ1) is 21.2. The zero-order valence-corrected chi connectivity index (χ0v) is 24.8. The Hall–Kier alpha value is -4.45. The number of aryl methyl sites for hydroxylation is 2. The van der Waals surface area contributed by atoms with E-state index in [1.807, 2.05) is 48.5 Å². The molecule has 1 aromatic heterocycles. The lowest BCUT2D eigenvalue weighted by atomic mass is 10.0. The third kappa shape index (κ3) is 7.93. The molecule has 5 rings (SSSR count). The van der Waals surface area contributed by atoms with E-state index < -0.39 is 6.36 Å². The average Bonchev–Trinajstić information content (AvgIpc) is 3.63. The van der Waals surface area contributed by atoms with Crippen LogP contribution in [0, 0.1) is 0 Å². The molecule has 1 aliphatic heterocycles. The maximum absolute atomic E-state index is 12.7. The molecule has 1 fully saturated rings. The van der Waals surface area contributed by atoms with E-state index in [-0.39, 0.29) is 23.3 Å². The molecule has 1 aliphatic rings. The number of carbonyl (C=O) groups excluding carboxylic acids is 2. The van der Waals surface area contributed by atoms with E-state index in [0.29, 0.717) is 29.5 Å². The van der Waals surface area contributed by atoms with Gasteiger partial charge in [0.2, 0.25) is 11.8 Å². The van der Waals surface area contributed by atoms with Crippen LogP contribution in [0.25, 0.3) is 17.1 Å². The summed E-state index contributed by atoms with van der Waals surface area (Å²) < 4.78 is 42.6. The molecular weight excluding hydrogens is 591 g/mol. The maximum atomic E-state index is 12.7. The van der Waals surface area contributed by atoms with Gasteiger partial charge in [-0.1, -0.05) is 67.6 Å². The summed E-state index contributed by atoms with van der Waals surface area (Å²) in [7, 11) is 0. The van der Waals surface area contributed by atoms with Crippen molar-refractivity contribution in [2.45, 2.75) is 51.8 Å². The second-order valence-corrected chi connectivity index (χ2v) is 11.1. The summed E-state index contributed by atoms with van der Waals surface area (Å²) >= 11 is 1.30. The Morgan fingerprint density at radius 2 is 1.75 bits per heavy atom. The first-order valence-corrected chi connectivity index (χ1v) is 15.2. The number of carbonyl (C=O) groups is 2. The van der Waals surface area contributed by atoms with Gasteiger partial charge in [-0.05, 0) is 67.1 Å². The summed E-state index contributed by atoms with van der Waals surface area (Å²) in [6.45, 7) is 2.09. The predicted molar refractivity (Wildman–Crippen MR) is 164 cm³/mol. The Morgan fingerprint density at radius 1 is 1.00 bits per heavy atom. The minimum Gasteiger partial charge on any atom is -0.406 e. The van der Waals surface area contributed by atoms with Crippen LogP contribution in [0.5, 0.6) is 5.75 Å². The van der Waals surface area contributed by atoms with Crippen molar-refractivity contribution in [3.8, 4) is 22.8 Å². The number of para-hydroxylation sites is 1. The lowest BCUT2D eigenvalue weighted by molar-refractivity contribution is -0.274. The fraction of sp³-hybridized carbons (Fsp3) is 0.281. The lowest BCUT2D eigenvalue weighted by Gasteiger charge is -2.19. The molecule has 0 unspecified atom stereocenters. The quantitative estimate of drug-likeness (QED) is 0.165. The van der Waals surface area contributed by atoms with Gasteiger partial charge in [-0.2, -0.15) is 4.99 Å². The third-order valence-electron chi connectivity index (χ3n) is 6.88. The average molecular weight is 622 g/mol. The van der Waals surface area contributed by atoms with Gasteiger partial charge in [-0.15, -0.1) is 18.3 Å². The van der Waals surface area contributed by atoms with E-state index in [9.17, 15) is 22.8 Å². The number of thioether (sulfide) groups is 1. The number of anilines is 1. The van der Waals surface area contributed by atoms with Crippen molar-refractivity contribution in [2.75, 3.05) is 10.7 Å². The zero-order valence-electron chi connectivity index (χ0n) is 24.0. The Morgan fingerprint density at radius 3 is 2.48 bits per heavy atom. The summed E-state index contributed by atoms with van der Waals surface area (Å²) in [5, 5.41) is 4.88. The normalized spacial score (nSPS) is 14.4. The minimum absolute atomic E-state index is 0.0656. The van der Waals surface area contributed by atoms with Crippen LogP contribution in [-0.4, -0.2) is 43.9 Å². The van der Waals surface area contributed by atoms with Gasteiger partial charge in [0.15, 0.2) is 11.0 Å². The molecule has 4 aromatic rings. The molecule has 0 bridgehead atoms. The van der Waals surface area contributed by atoms with Gasteiger partial charge in [-0.3, -0.25) is 14.5 Å². The maximum Gasteiger partial charge on any atom is 0.573 e. The van der Waals surface area contributed by atoms with Crippen molar-refractivity contribution in [3.63, 3.8) is 0 Å². The first-order valence-electron chi connectivity index (χ1n) is 14.2. The van der Waals surface area contributed by atoms with E-state index in [1.165, 1.54) is 47.0 Å². The number of halogens is 3. The number of alkyl halides is 3. The highest BCUT2D eigenvalue weighted by molar-refractivity contribution is 8.15. The third-order valence-corrected chi connectivity index (χ3v) is 7.81. The number of amidine groups is 1. The lowest BCUT2D eigenvalue weighted by Crippen LogP contribution is -2.30. The van der Waals surface area contributed by atoms with Crippen molar-refractivity contribution in [3.05, 3.63) is 90.3 Å². The van der Waals surface area contributed by atoms with Crippen molar-refractivity contribution in [1.82, 2.24) is 14.8 Å². The molecule has 0 spiro atoms. The second kappa shape index (κ2) is 13.9. The highest BCUT2D eigenvalue weighted by Gasteiger charge is 2.32. The molecule has 8 nitrogen and oxygen atoms in total. The Kier molecular flexibility index (Phi) is 9.78. The van der Waals surface area contributed by atoms with Crippen LogP contribution in [-0.2, 0) is 22.4 Å². The number of nitrogens with zero attached hydrogens (tertiary/aromatic N) is 5. The van der Waals surface area contributed by atoms with Gasteiger partial charge in [0, 0.05) is 12.0 Å². The van der Waals surface area contributed by atoms with E-state index >= 15 is 0 Å². The summed E-state index contributed by atoms with van der Waals surface area (Å²) in [6.07, 6.45) is 1.08. The van der Waals surface area contributed by atoms with Crippen LogP contribution in [0.15, 0.2) is 84.1 Å². The minimum atomic E-state index is -4.75. The first kappa shape index (κ1) is 31.0. The number of aromatic nitrogens is 3. The summed E-state index contributed by atoms with van der Waals surface area (Å²) in [6, 6.07) is 20.9. The number of hydrogen-bond acceptors (Lipinski definition) is 6. The zero-order chi connectivity index (χ0) is 31.1. The van der Waals surface area contributed by atoms with E-state index in [1.54, 1.807) is 4.90 Å². The predicted octanol–water partition coefficient (Wildman–Crippen LogP) is 7.16. The second-order valence-electron chi connectivity index (χ2n) is 10.1.